The second-order valence-electron chi connectivity index (χ2n) is 4.65. The lowest BCUT2D eigenvalue weighted by Crippen LogP contribution is -2.46. The molecule has 0 aliphatic heterocycles. The number of rotatable bonds is 6. The van der Waals surface area contributed by atoms with E-state index in [1.807, 2.05) is 0 Å². The predicted molar refractivity (Wildman–Crippen MR) is 59.6 cm³/mol. The van der Waals surface area contributed by atoms with E-state index in [-0.39, 0.29) is 5.91 Å². The smallest absolute Gasteiger partial charge is 0.222 e. The third-order valence-corrected chi connectivity index (χ3v) is 2.98. The van der Waals surface area contributed by atoms with Gasteiger partial charge >= 0.3 is 0 Å². The van der Waals surface area contributed by atoms with E-state index in [4.69, 9.17) is 0 Å². The Kier molecular flexibility index (Phi) is 4.54. The summed E-state index contributed by atoms with van der Waals surface area (Å²) < 4.78 is 0. The predicted octanol–water partition coefficient (Wildman–Crippen LogP) is 0.359. The minimum atomic E-state index is -0.453. The van der Waals surface area contributed by atoms with Gasteiger partial charge in [0.2, 0.25) is 5.91 Å². The van der Waals surface area contributed by atoms with E-state index in [0.29, 0.717) is 13.0 Å². The van der Waals surface area contributed by atoms with Gasteiger partial charge < -0.3 is 15.3 Å². The maximum absolute atomic E-state index is 11.2. The Labute approximate surface area is 91.6 Å². The second kappa shape index (κ2) is 5.47. The number of carbonyl (C=O) groups excluding carboxylic acids is 1. The lowest BCUT2D eigenvalue weighted by atomic mass is 9.80. The van der Waals surface area contributed by atoms with Crippen molar-refractivity contribution in [3.8, 4) is 0 Å². The quantitative estimate of drug-likeness (QED) is 0.628. The van der Waals surface area contributed by atoms with Crippen LogP contribution in [0.15, 0.2) is 0 Å². The van der Waals surface area contributed by atoms with Crippen LogP contribution in [0.4, 0.5) is 0 Å². The molecule has 0 aromatic carbocycles. The van der Waals surface area contributed by atoms with Gasteiger partial charge in [0.25, 0.3) is 0 Å². The fraction of sp³-hybridized carbons (Fsp3) is 0.909. The summed E-state index contributed by atoms with van der Waals surface area (Å²) >= 11 is 0. The van der Waals surface area contributed by atoms with Gasteiger partial charge in [-0.2, -0.15) is 0 Å². The summed E-state index contributed by atoms with van der Waals surface area (Å²) in [4.78, 5) is 12.8. The zero-order valence-corrected chi connectivity index (χ0v) is 9.75. The number of hydrogen-bond donors (Lipinski definition) is 2. The van der Waals surface area contributed by atoms with Gasteiger partial charge in [0.05, 0.1) is 5.60 Å². The topological polar surface area (TPSA) is 52.6 Å². The lowest BCUT2D eigenvalue weighted by molar-refractivity contribution is -0.128. The highest BCUT2D eigenvalue weighted by Gasteiger charge is 2.33. The van der Waals surface area contributed by atoms with Crippen molar-refractivity contribution < 1.29 is 9.90 Å². The monoisotopic (exact) mass is 214 g/mol. The van der Waals surface area contributed by atoms with Crippen LogP contribution < -0.4 is 5.32 Å². The normalized spacial score (nSPS) is 18.3. The number of nitrogens with one attached hydrogen (secondary N) is 1. The van der Waals surface area contributed by atoms with E-state index in [9.17, 15) is 9.90 Å². The van der Waals surface area contributed by atoms with Gasteiger partial charge in [-0.1, -0.05) is 0 Å². The Bertz CT molecular complexity index is 213. The SMILES string of the molecule is CN(C)C(=O)CCCNCC1(O)CCC1. The van der Waals surface area contributed by atoms with Crippen LogP contribution in [-0.2, 0) is 4.79 Å². The summed E-state index contributed by atoms with van der Waals surface area (Å²) in [6.45, 7) is 1.48. The van der Waals surface area contributed by atoms with Gasteiger partial charge in [0.1, 0.15) is 0 Å². The molecule has 0 aromatic heterocycles. The molecular weight excluding hydrogens is 192 g/mol. The largest absolute Gasteiger partial charge is 0.389 e. The van der Waals surface area contributed by atoms with E-state index >= 15 is 0 Å². The fourth-order valence-electron chi connectivity index (χ4n) is 1.67. The first-order valence-corrected chi connectivity index (χ1v) is 5.67. The van der Waals surface area contributed by atoms with Crippen LogP contribution in [0.2, 0.25) is 0 Å². The Morgan fingerprint density at radius 1 is 1.47 bits per heavy atom. The summed E-state index contributed by atoms with van der Waals surface area (Å²) in [5.41, 5.74) is -0.453. The highest BCUT2D eigenvalue weighted by atomic mass is 16.3. The molecule has 15 heavy (non-hydrogen) atoms. The zero-order chi connectivity index (χ0) is 11.3. The highest BCUT2D eigenvalue weighted by molar-refractivity contribution is 5.75. The molecule has 0 bridgehead atoms. The molecule has 0 saturated heterocycles. The molecule has 2 N–H and O–H groups in total. The van der Waals surface area contributed by atoms with Gasteiger partial charge in [0.15, 0.2) is 0 Å². The van der Waals surface area contributed by atoms with Crippen molar-refractivity contribution in [3.63, 3.8) is 0 Å². The van der Waals surface area contributed by atoms with Crippen molar-refractivity contribution in [1.29, 1.82) is 0 Å². The maximum Gasteiger partial charge on any atom is 0.222 e. The first-order chi connectivity index (χ1) is 7.03. The minimum absolute atomic E-state index is 0.166. The summed E-state index contributed by atoms with van der Waals surface area (Å²) in [5, 5.41) is 13.0. The van der Waals surface area contributed by atoms with Crippen molar-refractivity contribution in [2.24, 2.45) is 0 Å². The zero-order valence-electron chi connectivity index (χ0n) is 9.75. The summed E-state index contributed by atoms with van der Waals surface area (Å²) in [5.74, 6) is 0.166. The molecule has 88 valence electrons. The van der Waals surface area contributed by atoms with Crippen molar-refractivity contribution >= 4 is 5.91 Å². The van der Waals surface area contributed by atoms with Crippen LogP contribution >= 0.6 is 0 Å². The van der Waals surface area contributed by atoms with Crippen molar-refractivity contribution in [2.45, 2.75) is 37.7 Å². The lowest BCUT2D eigenvalue weighted by Gasteiger charge is -2.36. The summed E-state index contributed by atoms with van der Waals surface area (Å²) in [6, 6.07) is 0. The number of aliphatic hydroxyl groups is 1. The minimum Gasteiger partial charge on any atom is -0.389 e. The Hall–Kier alpha value is -0.610. The van der Waals surface area contributed by atoms with E-state index in [0.717, 1.165) is 32.2 Å². The molecule has 4 nitrogen and oxygen atoms in total. The third kappa shape index (κ3) is 4.18. The third-order valence-electron chi connectivity index (χ3n) is 2.98. The molecule has 0 radical (unpaired) electrons. The van der Waals surface area contributed by atoms with E-state index in [2.05, 4.69) is 5.32 Å². The van der Waals surface area contributed by atoms with Gasteiger partial charge in [-0.05, 0) is 32.2 Å². The number of amides is 1. The molecule has 4 heteroatoms. The molecule has 0 spiro atoms. The van der Waals surface area contributed by atoms with E-state index < -0.39 is 5.60 Å². The van der Waals surface area contributed by atoms with Crippen molar-refractivity contribution in [2.75, 3.05) is 27.2 Å². The van der Waals surface area contributed by atoms with Gasteiger partial charge in [-0.15, -0.1) is 0 Å². The van der Waals surface area contributed by atoms with Crippen LogP contribution in [0.25, 0.3) is 0 Å². The number of nitrogens with zero attached hydrogens (tertiary/aromatic N) is 1. The van der Waals surface area contributed by atoms with Crippen LogP contribution in [0.3, 0.4) is 0 Å². The Morgan fingerprint density at radius 3 is 2.60 bits per heavy atom. The van der Waals surface area contributed by atoms with E-state index in [1.165, 1.54) is 0 Å². The van der Waals surface area contributed by atoms with E-state index in [1.54, 1.807) is 19.0 Å². The molecule has 1 amide bonds. The molecule has 0 aromatic rings. The molecule has 0 atom stereocenters. The maximum atomic E-state index is 11.2. The second-order valence-corrected chi connectivity index (χ2v) is 4.65. The molecular formula is C11H22N2O2. The van der Waals surface area contributed by atoms with Crippen LogP contribution in [0, 0.1) is 0 Å². The van der Waals surface area contributed by atoms with Crippen LogP contribution in [0.1, 0.15) is 32.1 Å². The number of carbonyl (C=O) groups is 1. The van der Waals surface area contributed by atoms with Crippen LogP contribution in [-0.4, -0.2) is 48.7 Å². The van der Waals surface area contributed by atoms with Crippen molar-refractivity contribution in [1.82, 2.24) is 10.2 Å². The summed E-state index contributed by atoms with van der Waals surface area (Å²) in [6.07, 6.45) is 4.38. The molecule has 1 aliphatic rings. The number of hydrogen-bond acceptors (Lipinski definition) is 3. The highest BCUT2D eigenvalue weighted by Crippen LogP contribution is 2.30. The molecule has 0 unspecified atom stereocenters. The molecule has 0 heterocycles. The Morgan fingerprint density at radius 2 is 2.13 bits per heavy atom. The molecule has 1 rings (SSSR count). The molecule has 1 saturated carbocycles. The van der Waals surface area contributed by atoms with Crippen LogP contribution in [0.5, 0.6) is 0 Å². The average molecular weight is 214 g/mol. The molecule has 1 aliphatic carbocycles. The van der Waals surface area contributed by atoms with Gasteiger partial charge in [-0.3, -0.25) is 4.79 Å². The first-order valence-electron chi connectivity index (χ1n) is 5.67. The standard InChI is InChI=1S/C11H22N2O2/c1-13(2)10(14)5-3-8-12-9-11(15)6-4-7-11/h12,15H,3-9H2,1-2H3. The van der Waals surface area contributed by atoms with Gasteiger partial charge in [-0.25, -0.2) is 0 Å². The average Bonchev–Trinajstić information content (AvgIpc) is 2.14. The fourth-order valence-corrected chi connectivity index (χ4v) is 1.67. The molecule has 1 fully saturated rings. The van der Waals surface area contributed by atoms with Gasteiger partial charge in [0, 0.05) is 27.1 Å². The van der Waals surface area contributed by atoms with Crippen molar-refractivity contribution in [3.05, 3.63) is 0 Å². The first kappa shape index (κ1) is 12.5. The Balaban J connectivity index is 1.95. The summed E-state index contributed by atoms with van der Waals surface area (Å²) in [7, 11) is 3.54.